The Morgan fingerprint density at radius 1 is 1.12 bits per heavy atom. The van der Waals surface area contributed by atoms with E-state index in [1.807, 2.05) is 23.9 Å². The number of carbonyl (C=O) groups excluding carboxylic acids is 1. The summed E-state index contributed by atoms with van der Waals surface area (Å²) in [6, 6.07) is 12.0. The normalized spacial score (nSPS) is 16.8. The summed E-state index contributed by atoms with van der Waals surface area (Å²) in [4.78, 5) is 24.5. The number of carbonyl (C=O) groups is 2. The molecule has 3 rings (SSSR count). The van der Waals surface area contributed by atoms with Crippen LogP contribution in [0.4, 0.5) is 5.69 Å². The number of carboxylic acid groups (broad SMARTS) is 1. The largest absolute Gasteiger partial charge is 0.478 e. The Morgan fingerprint density at radius 3 is 2.54 bits per heavy atom. The molecule has 2 N–H and O–H groups in total. The van der Waals surface area contributed by atoms with Gasteiger partial charge in [-0.25, -0.2) is 4.79 Å². The van der Waals surface area contributed by atoms with E-state index in [4.69, 9.17) is 5.11 Å². The molecule has 4 nitrogen and oxygen atoms in total. The first-order valence-electron chi connectivity index (χ1n) is 7.96. The quantitative estimate of drug-likeness (QED) is 0.854. The fourth-order valence-electron chi connectivity index (χ4n) is 2.83. The number of benzene rings is 2. The predicted molar refractivity (Wildman–Crippen MR) is 96.2 cm³/mol. The highest BCUT2D eigenvalue weighted by molar-refractivity contribution is 7.99. The van der Waals surface area contributed by atoms with Crippen molar-refractivity contribution >= 4 is 29.3 Å². The molecule has 5 heteroatoms. The van der Waals surface area contributed by atoms with Crippen molar-refractivity contribution in [3.63, 3.8) is 0 Å². The zero-order chi connectivity index (χ0) is 17.1. The van der Waals surface area contributed by atoms with E-state index in [1.54, 1.807) is 12.1 Å². The first-order valence-corrected chi connectivity index (χ1v) is 8.94. The van der Waals surface area contributed by atoms with E-state index in [-0.39, 0.29) is 11.5 Å². The van der Waals surface area contributed by atoms with Gasteiger partial charge in [0, 0.05) is 16.1 Å². The Morgan fingerprint density at radius 2 is 1.83 bits per heavy atom. The second-order valence-corrected chi connectivity index (χ2v) is 7.12. The molecule has 0 bridgehead atoms. The van der Waals surface area contributed by atoms with E-state index in [0.29, 0.717) is 17.2 Å². The second-order valence-electron chi connectivity index (χ2n) is 5.98. The molecule has 2 aromatic rings. The van der Waals surface area contributed by atoms with Crippen LogP contribution >= 0.6 is 11.8 Å². The lowest BCUT2D eigenvalue weighted by Crippen LogP contribution is -2.12. The molecule has 1 unspecified atom stereocenters. The molecule has 1 aliphatic rings. The monoisotopic (exact) mass is 341 g/mol. The molecule has 0 radical (unpaired) electrons. The summed E-state index contributed by atoms with van der Waals surface area (Å²) < 4.78 is 0. The van der Waals surface area contributed by atoms with Crippen LogP contribution in [0.1, 0.15) is 52.0 Å². The summed E-state index contributed by atoms with van der Waals surface area (Å²) in [5.74, 6) is 0.442. The van der Waals surface area contributed by atoms with Crippen LogP contribution in [0.25, 0.3) is 0 Å². The van der Waals surface area contributed by atoms with Crippen LogP contribution in [0.2, 0.25) is 0 Å². The number of nitrogens with one attached hydrogen (secondary N) is 1. The fraction of sp³-hybridized carbons (Fsp3) is 0.263. The summed E-state index contributed by atoms with van der Waals surface area (Å²) in [5.41, 5.74) is 2.72. The Kier molecular flexibility index (Phi) is 4.90. The smallest absolute Gasteiger partial charge is 0.335 e. The molecule has 0 saturated carbocycles. The van der Waals surface area contributed by atoms with Gasteiger partial charge >= 0.3 is 5.97 Å². The molecule has 0 saturated heterocycles. The van der Waals surface area contributed by atoms with Crippen LogP contribution in [0.15, 0.2) is 47.4 Å². The number of hydrogen-bond acceptors (Lipinski definition) is 3. The van der Waals surface area contributed by atoms with Gasteiger partial charge in [0.2, 0.25) is 0 Å². The summed E-state index contributed by atoms with van der Waals surface area (Å²) in [6.45, 7) is 2.23. The molecular weight excluding hydrogens is 322 g/mol. The standard InChI is InChI=1S/C19H19NO3S/c1-12-3-2-10-24-17-11-14(6-9-16(12)17)18(21)20-15-7-4-13(5-8-15)19(22)23/h4-9,11-12H,2-3,10H2,1H3,(H,20,21)(H,22,23). The molecule has 1 amide bonds. The third-order valence-corrected chi connectivity index (χ3v) is 5.39. The molecule has 1 aliphatic heterocycles. The third-order valence-electron chi connectivity index (χ3n) is 4.24. The lowest BCUT2D eigenvalue weighted by atomic mass is 9.95. The highest BCUT2D eigenvalue weighted by Crippen LogP contribution is 2.36. The van der Waals surface area contributed by atoms with Gasteiger partial charge in [0.15, 0.2) is 0 Å². The molecule has 1 heterocycles. The summed E-state index contributed by atoms with van der Waals surface area (Å²) in [6.07, 6.45) is 2.37. The SMILES string of the molecule is CC1CCCSc2cc(C(=O)Nc3ccc(C(=O)O)cc3)ccc21. The molecular formula is C19H19NO3S. The molecule has 0 fully saturated rings. The van der Waals surface area contributed by atoms with Crippen LogP contribution in [-0.2, 0) is 0 Å². The number of rotatable bonds is 3. The van der Waals surface area contributed by atoms with Crippen molar-refractivity contribution in [1.29, 1.82) is 0 Å². The van der Waals surface area contributed by atoms with Gasteiger partial charge in [0.1, 0.15) is 0 Å². The van der Waals surface area contributed by atoms with Gasteiger partial charge in [-0.15, -0.1) is 11.8 Å². The van der Waals surface area contributed by atoms with Crippen LogP contribution in [0.5, 0.6) is 0 Å². The number of amides is 1. The Balaban J connectivity index is 1.77. The van der Waals surface area contributed by atoms with E-state index >= 15 is 0 Å². The maximum absolute atomic E-state index is 12.4. The lowest BCUT2D eigenvalue weighted by molar-refractivity contribution is 0.0696. The molecule has 0 aromatic heterocycles. The average Bonchev–Trinajstić information content (AvgIpc) is 2.76. The van der Waals surface area contributed by atoms with Crippen molar-refractivity contribution < 1.29 is 14.7 Å². The van der Waals surface area contributed by atoms with E-state index in [0.717, 1.165) is 5.75 Å². The summed E-state index contributed by atoms with van der Waals surface area (Å²) >= 11 is 1.81. The van der Waals surface area contributed by atoms with E-state index in [2.05, 4.69) is 18.3 Å². The molecule has 0 aliphatic carbocycles. The van der Waals surface area contributed by atoms with Crippen molar-refractivity contribution in [2.45, 2.75) is 30.6 Å². The van der Waals surface area contributed by atoms with Crippen molar-refractivity contribution in [2.24, 2.45) is 0 Å². The highest BCUT2D eigenvalue weighted by atomic mass is 32.2. The Labute approximate surface area is 145 Å². The minimum atomic E-state index is -0.982. The third kappa shape index (κ3) is 3.62. The minimum Gasteiger partial charge on any atom is -0.478 e. The second kappa shape index (κ2) is 7.09. The minimum absolute atomic E-state index is 0.182. The highest BCUT2D eigenvalue weighted by Gasteiger charge is 2.17. The number of anilines is 1. The number of aromatic carboxylic acids is 1. The number of hydrogen-bond donors (Lipinski definition) is 2. The van der Waals surface area contributed by atoms with Crippen molar-refractivity contribution in [1.82, 2.24) is 0 Å². The average molecular weight is 341 g/mol. The van der Waals surface area contributed by atoms with Gasteiger partial charge in [-0.1, -0.05) is 13.0 Å². The molecule has 0 spiro atoms. The Hall–Kier alpha value is -2.27. The van der Waals surface area contributed by atoms with E-state index in [9.17, 15) is 9.59 Å². The van der Waals surface area contributed by atoms with Gasteiger partial charge in [-0.3, -0.25) is 4.79 Å². The first kappa shape index (κ1) is 16.6. The maximum atomic E-state index is 12.4. The lowest BCUT2D eigenvalue weighted by Gasteiger charge is -2.13. The van der Waals surface area contributed by atoms with Crippen molar-refractivity contribution in [2.75, 3.05) is 11.1 Å². The van der Waals surface area contributed by atoms with Crippen LogP contribution in [0.3, 0.4) is 0 Å². The van der Waals surface area contributed by atoms with Crippen LogP contribution in [0, 0.1) is 0 Å². The zero-order valence-electron chi connectivity index (χ0n) is 13.4. The number of carboxylic acids is 1. The molecule has 124 valence electrons. The fourth-order valence-corrected chi connectivity index (χ4v) is 4.01. The topological polar surface area (TPSA) is 66.4 Å². The summed E-state index contributed by atoms with van der Waals surface area (Å²) in [7, 11) is 0. The number of fused-ring (bicyclic) bond motifs is 1. The van der Waals surface area contributed by atoms with Crippen LogP contribution < -0.4 is 5.32 Å². The van der Waals surface area contributed by atoms with Crippen molar-refractivity contribution in [3.05, 3.63) is 59.2 Å². The Bertz CT molecular complexity index is 771. The van der Waals surface area contributed by atoms with E-state index < -0.39 is 5.97 Å². The zero-order valence-corrected chi connectivity index (χ0v) is 14.2. The van der Waals surface area contributed by atoms with E-state index in [1.165, 1.54) is 35.4 Å². The predicted octanol–water partition coefficient (Wildman–Crippen LogP) is 4.63. The van der Waals surface area contributed by atoms with Crippen molar-refractivity contribution in [3.8, 4) is 0 Å². The van der Waals surface area contributed by atoms with Gasteiger partial charge in [-0.2, -0.15) is 0 Å². The van der Waals surface area contributed by atoms with Crippen LogP contribution in [-0.4, -0.2) is 22.7 Å². The molecule has 1 atom stereocenters. The number of thioether (sulfide) groups is 1. The first-order chi connectivity index (χ1) is 11.5. The van der Waals surface area contributed by atoms with Gasteiger partial charge < -0.3 is 10.4 Å². The van der Waals surface area contributed by atoms with Gasteiger partial charge in [0.05, 0.1) is 5.56 Å². The molecule has 2 aromatic carbocycles. The maximum Gasteiger partial charge on any atom is 0.335 e. The van der Waals surface area contributed by atoms with Gasteiger partial charge in [-0.05, 0) is 66.5 Å². The van der Waals surface area contributed by atoms with Gasteiger partial charge in [0.25, 0.3) is 5.91 Å². The summed E-state index contributed by atoms with van der Waals surface area (Å²) in [5, 5.41) is 11.7. The molecule has 24 heavy (non-hydrogen) atoms.